The van der Waals surface area contributed by atoms with E-state index in [-0.39, 0.29) is 30.2 Å². The van der Waals surface area contributed by atoms with Crippen molar-refractivity contribution < 1.29 is 9.59 Å². The molecule has 0 aromatic heterocycles. The zero-order chi connectivity index (χ0) is 20.1. The molecule has 2 amide bonds. The number of para-hydroxylation sites is 1. The second kappa shape index (κ2) is 8.74. The van der Waals surface area contributed by atoms with Gasteiger partial charge >= 0.3 is 0 Å². The van der Waals surface area contributed by atoms with Crippen molar-refractivity contribution in [3.05, 3.63) is 102 Å². The molecule has 4 rings (SSSR count). The van der Waals surface area contributed by atoms with E-state index in [1.807, 2.05) is 78.9 Å². The van der Waals surface area contributed by atoms with Crippen LogP contribution in [0.25, 0.3) is 0 Å². The van der Waals surface area contributed by atoms with E-state index >= 15 is 0 Å². The van der Waals surface area contributed by atoms with Gasteiger partial charge in [-0.2, -0.15) is 0 Å². The molecule has 0 aliphatic carbocycles. The predicted octanol–water partition coefficient (Wildman–Crippen LogP) is 4.14. The molecule has 1 saturated heterocycles. The first-order valence-electron chi connectivity index (χ1n) is 9.95. The monoisotopic (exact) mass is 384 g/mol. The Morgan fingerprint density at radius 1 is 0.897 bits per heavy atom. The lowest BCUT2D eigenvalue weighted by Gasteiger charge is -2.22. The Kier molecular flexibility index (Phi) is 5.71. The van der Waals surface area contributed by atoms with Crippen molar-refractivity contribution in [3.63, 3.8) is 0 Å². The third-order valence-electron chi connectivity index (χ3n) is 5.36. The Balaban J connectivity index is 1.49. The lowest BCUT2D eigenvalue weighted by Crippen LogP contribution is -2.36. The van der Waals surface area contributed by atoms with Crippen LogP contribution in [0.2, 0.25) is 0 Å². The Labute approximate surface area is 171 Å². The molecule has 1 N–H and O–H groups in total. The summed E-state index contributed by atoms with van der Waals surface area (Å²) in [6.45, 7) is 0.418. The zero-order valence-corrected chi connectivity index (χ0v) is 16.2. The van der Waals surface area contributed by atoms with Crippen LogP contribution < -0.4 is 10.2 Å². The summed E-state index contributed by atoms with van der Waals surface area (Å²) >= 11 is 0. The predicted molar refractivity (Wildman–Crippen MR) is 114 cm³/mol. The van der Waals surface area contributed by atoms with E-state index in [0.717, 1.165) is 16.8 Å². The standard InChI is InChI=1S/C25H24N2O2/c28-24-17-21(18-27(24)22-14-8-3-9-15-22)25(29)26-23(20-12-6-2-7-13-20)16-19-10-4-1-5-11-19/h1-15,21,23H,16-18H2,(H,26,29)/t21-,23-/m1/s1. The Morgan fingerprint density at radius 3 is 2.14 bits per heavy atom. The molecular formula is C25H24N2O2. The number of carbonyl (C=O) groups is 2. The highest BCUT2D eigenvalue weighted by atomic mass is 16.2. The van der Waals surface area contributed by atoms with Gasteiger partial charge in [0, 0.05) is 18.7 Å². The third-order valence-corrected chi connectivity index (χ3v) is 5.36. The molecule has 4 heteroatoms. The number of carbonyl (C=O) groups excluding carboxylic acids is 2. The van der Waals surface area contributed by atoms with Gasteiger partial charge in [0.2, 0.25) is 11.8 Å². The quantitative estimate of drug-likeness (QED) is 0.694. The molecule has 2 atom stereocenters. The maximum atomic E-state index is 13.1. The molecule has 146 valence electrons. The van der Waals surface area contributed by atoms with Crippen LogP contribution in [-0.4, -0.2) is 18.4 Å². The van der Waals surface area contributed by atoms with Crippen molar-refractivity contribution in [2.75, 3.05) is 11.4 Å². The second-order valence-corrected chi connectivity index (χ2v) is 7.40. The summed E-state index contributed by atoms with van der Waals surface area (Å²) in [7, 11) is 0. The summed E-state index contributed by atoms with van der Waals surface area (Å²) < 4.78 is 0. The van der Waals surface area contributed by atoms with E-state index in [1.54, 1.807) is 4.90 Å². The molecular weight excluding hydrogens is 360 g/mol. The van der Waals surface area contributed by atoms with Gasteiger partial charge in [-0.15, -0.1) is 0 Å². The van der Waals surface area contributed by atoms with Crippen LogP contribution in [-0.2, 0) is 16.0 Å². The molecule has 0 radical (unpaired) electrons. The first-order chi connectivity index (χ1) is 14.2. The van der Waals surface area contributed by atoms with Crippen LogP contribution in [0.5, 0.6) is 0 Å². The number of nitrogens with one attached hydrogen (secondary N) is 1. The molecule has 0 spiro atoms. The Hall–Kier alpha value is -3.40. The van der Waals surface area contributed by atoms with E-state index in [4.69, 9.17) is 0 Å². The number of nitrogens with zero attached hydrogens (tertiary/aromatic N) is 1. The molecule has 0 unspecified atom stereocenters. The van der Waals surface area contributed by atoms with E-state index < -0.39 is 0 Å². The van der Waals surface area contributed by atoms with Crippen molar-refractivity contribution in [2.45, 2.75) is 18.9 Å². The number of hydrogen-bond acceptors (Lipinski definition) is 2. The first-order valence-corrected chi connectivity index (χ1v) is 9.95. The van der Waals surface area contributed by atoms with Gasteiger partial charge in [-0.1, -0.05) is 78.9 Å². The summed E-state index contributed by atoms with van der Waals surface area (Å²) in [5.74, 6) is -0.415. The highest BCUT2D eigenvalue weighted by Crippen LogP contribution is 2.26. The van der Waals surface area contributed by atoms with Crippen LogP contribution in [0.3, 0.4) is 0 Å². The normalized spacial score (nSPS) is 17.2. The fraction of sp³-hybridized carbons (Fsp3) is 0.200. The average Bonchev–Trinajstić information content (AvgIpc) is 3.17. The molecule has 1 heterocycles. The van der Waals surface area contributed by atoms with Crippen molar-refractivity contribution in [1.29, 1.82) is 0 Å². The van der Waals surface area contributed by atoms with E-state index in [9.17, 15) is 9.59 Å². The van der Waals surface area contributed by atoms with E-state index in [2.05, 4.69) is 17.4 Å². The summed E-state index contributed by atoms with van der Waals surface area (Å²) in [5, 5.41) is 3.20. The Bertz CT molecular complexity index is 958. The topological polar surface area (TPSA) is 49.4 Å². The third kappa shape index (κ3) is 4.54. The molecule has 0 bridgehead atoms. The molecule has 3 aromatic rings. The van der Waals surface area contributed by atoms with Crippen LogP contribution in [0.4, 0.5) is 5.69 Å². The first kappa shape index (κ1) is 18.9. The maximum absolute atomic E-state index is 13.1. The van der Waals surface area contributed by atoms with Gasteiger partial charge in [-0.05, 0) is 29.7 Å². The van der Waals surface area contributed by atoms with Gasteiger partial charge in [0.25, 0.3) is 0 Å². The number of hydrogen-bond donors (Lipinski definition) is 1. The number of rotatable bonds is 6. The van der Waals surface area contributed by atoms with Gasteiger partial charge in [-0.25, -0.2) is 0 Å². The van der Waals surface area contributed by atoms with Gasteiger partial charge in [0.1, 0.15) is 0 Å². The molecule has 29 heavy (non-hydrogen) atoms. The molecule has 4 nitrogen and oxygen atoms in total. The van der Waals surface area contributed by atoms with Crippen LogP contribution >= 0.6 is 0 Å². The lowest BCUT2D eigenvalue weighted by atomic mass is 9.97. The SMILES string of the molecule is O=C(N[C@H](Cc1ccccc1)c1ccccc1)[C@@H]1CC(=O)N(c2ccccc2)C1. The highest BCUT2D eigenvalue weighted by molar-refractivity contribution is 6.00. The molecule has 0 saturated carbocycles. The van der Waals surface area contributed by atoms with Crippen molar-refractivity contribution in [1.82, 2.24) is 5.32 Å². The minimum absolute atomic E-state index is 0.00401. The van der Waals surface area contributed by atoms with Crippen molar-refractivity contribution >= 4 is 17.5 Å². The van der Waals surface area contributed by atoms with Crippen molar-refractivity contribution in [2.24, 2.45) is 5.92 Å². The minimum Gasteiger partial charge on any atom is -0.349 e. The van der Waals surface area contributed by atoms with Crippen LogP contribution in [0.1, 0.15) is 23.6 Å². The molecule has 1 fully saturated rings. The molecule has 3 aromatic carbocycles. The summed E-state index contributed by atoms with van der Waals surface area (Å²) in [5.41, 5.74) is 3.07. The zero-order valence-electron chi connectivity index (χ0n) is 16.2. The average molecular weight is 384 g/mol. The van der Waals surface area contributed by atoms with Gasteiger partial charge in [-0.3, -0.25) is 9.59 Å². The summed E-state index contributed by atoms with van der Waals surface area (Å²) in [4.78, 5) is 27.2. The second-order valence-electron chi connectivity index (χ2n) is 7.40. The number of benzene rings is 3. The van der Waals surface area contributed by atoms with Gasteiger partial charge < -0.3 is 10.2 Å². The van der Waals surface area contributed by atoms with Crippen molar-refractivity contribution in [3.8, 4) is 0 Å². The Morgan fingerprint density at radius 2 is 1.48 bits per heavy atom. The molecule has 1 aliphatic rings. The summed E-state index contributed by atoms with van der Waals surface area (Å²) in [6.07, 6.45) is 0.952. The maximum Gasteiger partial charge on any atom is 0.227 e. The van der Waals surface area contributed by atoms with Crippen LogP contribution in [0.15, 0.2) is 91.0 Å². The smallest absolute Gasteiger partial charge is 0.227 e. The lowest BCUT2D eigenvalue weighted by molar-refractivity contribution is -0.127. The largest absolute Gasteiger partial charge is 0.349 e. The minimum atomic E-state index is -0.343. The summed E-state index contributed by atoms with van der Waals surface area (Å²) in [6, 6.07) is 29.5. The van der Waals surface area contributed by atoms with Crippen LogP contribution in [0, 0.1) is 5.92 Å². The van der Waals surface area contributed by atoms with Gasteiger partial charge in [0.15, 0.2) is 0 Å². The highest BCUT2D eigenvalue weighted by Gasteiger charge is 2.35. The fourth-order valence-corrected chi connectivity index (χ4v) is 3.82. The van der Waals surface area contributed by atoms with E-state index in [0.29, 0.717) is 13.0 Å². The molecule has 1 aliphatic heterocycles. The number of anilines is 1. The number of amides is 2. The van der Waals surface area contributed by atoms with Gasteiger partial charge in [0.05, 0.1) is 12.0 Å². The fourth-order valence-electron chi connectivity index (χ4n) is 3.82. The van der Waals surface area contributed by atoms with E-state index in [1.165, 1.54) is 0 Å².